The second-order valence-electron chi connectivity index (χ2n) is 2.89. The SMILES string of the molecule is C=C(Cl)C(=O)NCc1ccncc1C. The third kappa shape index (κ3) is 2.85. The van der Waals surface area contributed by atoms with Crippen molar-refractivity contribution in [2.45, 2.75) is 13.5 Å². The number of amides is 1. The Labute approximate surface area is 87.8 Å². The van der Waals surface area contributed by atoms with Crippen molar-refractivity contribution in [1.82, 2.24) is 10.3 Å². The van der Waals surface area contributed by atoms with Crippen molar-refractivity contribution < 1.29 is 4.79 Å². The van der Waals surface area contributed by atoms with Crippen molar-refractivity contribution in [3.05, 3.63) is 41.2 Å². The molecule has 1 aromatic rings. The number of hydrogen-bond donors (Lipinski definition) is 1. The van der Waals surface area contributed by atoms with Gasteiger partial charge in [0.15, 0.2) is 0 Å². The largest absolute Gasteiger partial charge is 0.347 e. The van der Waals surface area contributed by atoms with Crippen molar-refractivity contribution in [2.24, 2.45) is 0 Å². The summed E-state index contributed by atoms with van der Waals surface area (Å²) in [6.07, 6.45) is 3.43. The van der Waals surface area contributed by atoms with Crippen molar-refractivity contribution in [3.63, 3.8) is 0 Å². The van der Waals surface area contributed by atoms with Gasteiger partial charge in [0.25, 0.3) is 5.91 Å². The molecule has 0 fully saturated rings. The lowest BCUT2D eigenvalue weighted by Crippen LogP contribution is -2.22. The summed E-state index contributed by atoms with van der Waals surface area (Å²) in [4.78, 5) is 15.0. The smallest absolute Gasteiger partial charge is 0.262 e. The number of carbonyl (C=O) groups is 1. The van der Waals surface area contributed by atoms with Crippen molar-refractivity contribution >= 4 is 17.5 Å². The monoisotopic (exact) mass is 210 g/mol. The van der Waals surface area contributed by atoms with Gasteiger partial charge in [0.2, 0.25) is 0 Å². The van der Waals surface area contributed by atoms with E-state index in [1.807, 2.05) is 13.0 Å². The van der Waals surface area contributed by atoms with Gasteiger partial charge in [0.1, 0.15) is 0 Å². The van der Waals surface area contributed by atoms with E-state index in [0.717, 1.165) is 11.1 Å². The van der Waals surface area contributed by atoms with Gasteiger partial charge >= 0.3 is 0 Å². The number of aromatic nitrogens is 1. The van der Waals surface area contributed by atoms with E-state index in [1.165, 1.54) is 0 Å². The van der Waals surface area contributed by atoms with Gasteiger partial charge in [-0.05, 0) is 24.1 Å². The first-order valence-corrected chi connectivity index (χ1v) is 4.51. The number of pyridine rings is 1. The lowest BCUT2D eigenvalue weighted by molar-refractivity contribution is -0.117. The number of halogens is 1. The first-order valence-electron chi connectivity index (χ1n) is 4.13. The Morgan fingerprint density at radius 1 is 1.71 bits per heavy atom. The minimum atomic E-state index is -0.345. The summed E-state index contributed by atoms with van der Waals surface area (Å²) in [5.41, 5.74) is 2.05. The molecule has 1 heterocycles. The van der Waals surface area contributed by atoms with E-state index in [1.54, 1.807) is 12.4 Å². The highest BCUT2D eigenvalue weighted by atomic mass is 35.5. The minimum Gasteiger partial charge on any atom is -0.347 e. The average Bonchev–Trinajstić information content (AvgIpc) is 2.16. The maximum absolute atomic E-state index is 11.1. The maximum atomic E-state index is 11.1. The fourth-order valence-corrected chi connectivity index (χ4v) is 1.04. The quantitative estimate of drug-likeness (QED) is 0.773. The predicted molar refractivity (Wildman–Crippen MR) is 55.8 cm³/mol. The van der Waals surface area contributed by atoms with Gasteiger partial charge in [0, 0.05) is 18.9 Å². The van der Waals surface area contributed by atoms with Crippen LogP contribution in [0.1, 0.15) is 11.1 Å². The molecule has 0 spiro atoms. The van der Waals surface area contributed by atoms with Crippen LogP contribution in [0.5, 0.6) is 0 Å². The molecule has 1 aromatic heterocycles. The first-order chi connectivity index (χ1) is 6.61. The highest BCUT2D eigenvalue weighted by Gasteiger charge is 2.03. The molecule has 0 atom stereocenters. The maximum Gasteiger partial charge on any atom is 0.262 e. The lowest BCUT2D eigenvalue weighted by Gasteiger charge is -2.05. The van der Waals surface area contributed by atoms with Crippen molar-refractivity contribution in [1.29, 1.82) is 0 Å². The second-order valence-corrected chi connectivity index (χ2v) is 3.35. The summed E-state index contributed by atoms with van der Waals surface area (Å²) >= 11 is 5.42. The van der Waals surface area contributed by atoms with Crippen LogP contribution in [0, 0.1) is 6.92 Å². The van der Waals surface area contributed by atoms with Crippen LogP contribution < -0.4 is 5.32 Å². The molecule has 0 radical (unpaired) electrons. The summed E-state index contributed by atoms with van der Waals surface area (Å²) < 4.78 is 0. The van der Waals surface area contributed by atoms with Crippen LogP contribution in [0.4, 0.5) is 0 Å². The second kappa shape index (κ2) is 4.77. The zero-order valence-electron chi connectivity index (χ0n) is 7.88. The average molecular weight is 211 g/mol. The molecule has 0 unspecified atom stereocenters. The van der Waals surface area contributed by atoms with Crippen LogP contribution in [0.15, 0.2) is 30.1 Å². The topological polar surface area (TPSA) is 42.0 Å². The molecule has 0 aliphatic heterocycles. The molecule has 0 bridgehead atoms. The Morgan fingerprint density at radius 3 is 3.00 bits per heavy atom. The number of carbonyl (C=O) groups excluding carboxylic acids is 1. The van der Waals surface area contributed by atoms with E-state index in [2.05, 4.69) is 16.9 Å². The van der Waals surface area contributed by atoms with E-state index in [9.17, 15) is 4.79 Å². The molecule has 3 nitrogen and oxygen atoms in total. The van der Waals surface area contributed by atoms with Gasteiger partial charge in [-0.15, -0.1) is 0 Å². The number of rotatable bonds is 3. The molecule has 1 N–H and O–H groups in total. The van der Waals surface area contributed by atoms with Crippen LogP contribution in [0.3, 0.4) is 0 Å². The van der Waals surface area contributed by atoms with E-state index >= 15 is 0 Å². The van der Waals surface area contributed by atoms with E-state index in [-0.39, 0.29) is 10.9 Å². The van der Waals surface area contributed by atoms with E-state index in [0.29, 0.717) is 6.54 Å². The molecule has 14 heavy (non-hydrogen) atoms. The van der Waals surface area contributed by atoms with Gasteiger partial charge in [-0.25, -0.2) is 0 Å². The zero-order valence-corrected chi connectivity index (χ0v) is 8.64. The van der Waals surface area contributed by atoms with Crippen LogP contribution in [0.2, 0.25) is 0 Å². The fourth-order valence-electron chi connectivity index (χ4n) is 0.972. The highest BCUT2D eigenvalue weighted by Crippen LogP contribution is 2.05. The molecule has 0 saturated carbocycles. The number of hydrogen-bond acceptors (Lipinski definition) is 2. The Kier molecular flexibility index (Phi) is 3.65. The van der Waals surface area contributed by atoms with Gasteiger partial charge in [0.05, 0.1) is 5.03 Å². The van der Waals surface area contributed by atoms with Crippen LogP contribution in [-0.2, 0) is 11.3 Å². The Bertz CT molecular complexity index is 363. The minimum absolute atomic E-state index is 0.00305. The van der Waals surface area contributed by atoms with E-state index < -0.39 is 0 Å². The Morgan fingerprint density at radius 2 is 2.43 bits per heavy atom. The summed E-state index contributed by atoms with van der Waals surface area (Å²) in [5, 5.41) is 2.64. The van der Waals surface area contributed by atoms with Gasteiger partial charge < -0.3 is 5.32 Å². The van der Waals surface area contributed by atoms with Gasteiger partial charge in [-0.1, -0.05) is 18.2 Å². The first kappa shape index (κ1) is 10.7. The predicted octanol–water partition coefficient (Wildman–Crippen LogP) is 1.76. The summed E-state index contributed by atoms with van der Waals surface area (Å²) in [5.74, 6) is -0.345. The molecule has 0 aliphatic rings. The molecule has 0 aromatic carbocycles. The normalized spacial score (nSPS) is 9.57. The van der Waals surface area contributed by atoms with Crippen LogP contribution in [-0.4, -0.2) is 10.9 Å². The summed E-state index contributed by atoms with van der Waals surface area (Å²) in [7, 11) is 0. The molecule has 1 amide bonds. The Balaban J connectivity index is 2.58. The van der Waals surface area contributed by atoms with Crippen LogP contribution >= 0.6 is 11.6 Å². The van der Waals surface area contributed by atoms with Crippen molar-refractivity contribution in [2.75, 3.05) is 0 Å². The molecular weight excluding hydrogens is 200 g/mol. The third-order valence-corrected chi connectivity index (χ3v) is 1.99. The zero-order chi connectivity index (χ0) is 10.6. The number of aryl methyl sites for hydroxylation is 1. The standard InChI is InChI=1S/C10H11ClN2O/c1-7-5-12-4-3-9(7)6-13-10(14)8(2)11/h3-5H,2,6H2,1H3,(H,13,14). The molecule has 74 valence electrons. The van der Waals surface area contributed by atoms with E-state index in [4.69, 9.17) is 11.6 Å². The third-order valence-electron chi connectivity index (χ3n) is 1.82. The van der Waals surface area contributed by atoms with Gasteiger partial charge in [-0.3, -0.25) is 9.78 Å². The molecule has 0 aliphatic carbocycles. The molecule has 1 rings (SSSR count). The summed E-state index contributed by atoms with van der Waals surface area (Å²) in [6, 6.07) is 1.85. The molecule has 0 saturated heterocycles. The van der Waals surface area contributed by atoms with Crippen molar-refractivity contribution in [3.8, 4) is 0 Å². The molecule has 4 heteroatoms. The highest BCUT2D eigenvalue weighted by molar-refractivity contribution is 6.41. The number of nitrogens with one attached hydrogen (secondary N) is 1. The van der Waals surface area contributed by atoms with Crippen LogP contribution in [0.25, 0.3) is 0 Å². The Hall–Kier alpha value is -1.35. The number of nitrogens with zero attached hydrogens (tertiary/aromatic N) is 1. The fraction of sp³-hybridized carbons (Fsp3) is 0.200. The molecular formula is C10H11ClN2O. The lowest BCUT2D eigenvalue weighted by atomic mass is 10.1. The summed E-state index contributed by atoms with van der Waals surface area (Å²) in [6.45, 7) is 5.71. The van der Waals surface area contributed by atoms with Gasteiger partial charge in [-0.2, -0.15) is 0 Å².